The molecule has 0 aliphatic carbocycles. The van der Waals surface area contributed by atoms with Crippen molar-refractivity contribution in [3.63, 3.8) is 0 Å². The zero-order chi connectivity index (χ0) is 25.3. The highest BCUT2D eigenvalue weighted by Gasteiger charge is 2.15. The molecule has 0 spiro atoms. The molecule has 0 aliphatic rings. The van der Waals surface area contributed by atoms with Crippen LogP contribution in [0, 0.1) is 0 Å². The number of rotatable bonds is 6. The van der Waals surface area contributed by atoms with Crippen LogP contribution in [0.4, 0.5) is 0 Å². The third kappa shape index (κ3) is 5.84. The molecular weight excluding hydrogens is 596 g/mol. The molecule has 0 radical (unpaired) electrons. The Bertz CT molecular complexity index is 1500. The van der Waals surface area contributed by atoms with Gasteiger partial charge in [0, 0.05) is 10.4 Å². The second kappa shape index (κ2) is 10.9. The van der Waals surface area contributed by atoms with E-state index in [1.54, 1.807) is 42.5 Å². The fourth-order valence-corrected chi connectivity index (χ4v) is 4.65. The van der Waals surface area contributed by atoms with Crippen LogP contribution in [0.1, 0.15) is 36.7 Å². The predicted molar refractivity (Wildman–Crippen MR) is 148 cm³/mol. The van der Waals surface area contributed by atoms with E-state index in [9.17, 15) is 4.79 Å². The summed E-state index contributed by atoms with van der Waals surface area (Å²) >= 11 is 28.3. The lowest BCUT2D eigenvalue weighted by atomic mass is 10.2. The normalized spacial score (nSPS) is 11.7. The first-order valence-electron chi connectivity index (χ1n) is 10.5. The van der Waals surface area contributed by atoms with Crippen LogP contribution in [0.2, 0.25) is 20.1 Å². The summed E-state index contributed by atoms with van der Waals surface area (Å²) in [4.78, 5) is 17.8. The molecule has 0 N–H and O–H groups in total. The van der Waals surface area contributed by atoms with Crippen LogP contribution in [0.3, 0.4) is 0 Å². The second-order valence-electron chi connectivity index (χ2n) is 8.00. The lowest BCUT2D eigenvalue weighted by Crippen LogP contribution is -2.23. The minimum Gasteiger partial charge on any atom is -0.486 e. The Balaban J connectivity index is 1.64. The molecule has 0 saturated carbocycles. The van der Waals surface area contributed by atoms with Gasteiger partial charge in [-0.2, -0.15) is 9.78 Å². The summed E-state index contributed by atoms with van der Waals surface area (Å²) in [5.74, 6) is 0.839. The average molecular weight is 614 g/mol. The molecule has 0 fully saturated rings. The van der Waals surface area contributed by atoms with Crippen LogP contribution in [0.15, 0.2) is 62.9 Å². The van der Waals surface area contributed by atoms with Gasteiger partial charge in [0.05, 0.1) is 37.2 Å². The molecule has 1 heterocycles. The summed E-state index contributed by atoms with van der Waals surface area (Å²) in [6.45, 7) is 4.10. The molecule has 10 heteroatoms. The Hall–Kier alpha value is -2.09. The number of fused-ring (bicyclic) bond motifs is 1. The molecule has 0 bridgehead atoms. The van der Waals surface area contributed by atoms with E-state index in [2.05, 4.69) is 26.0 Å². The SMILES string of the molecule is CC(C)c1nc2ccc(Br)cc2c(=O)n1N=Cc1cc(Cl)c(OCc2ccc(Cl)c(Cl)c2)c(Cl)c1. The molecule has 5 nitrogen and oxygen atoms in total. The highest BCUT2D eigenvalue weighted by atomic mass is 79.9. The van der Waals surface area contributed by atoms with E-state index in [1.807, 2.05) is 19.9 Å². The molecule has 180 valence electrons. The van der Waals surface area contributed by atoms with Crippen LogP contribution in [0.5, 0.6) is 5.75 Å². The highest BCUT2D eigenvalue weighted by Crippen LogP contribution is 2.35. The standard InChI is InChI=1S/C25H18BrCl4N3O2/c1-13(2)24-32-22-6-4-16(26)10-17(22)25(34)33(24)31-11-15-8-20(29)23(21(30)9-15)35-12-14-3-5-18(27)19(28)7-14/h3-11,13H,12H2,1-2H3. The molecule has 3 aromatic carbocycles. The Kier molecular flexibility index (Phi) is 8.09. The third-order valence-electron chi connectivity index (χ3n) is 5.06. The molecule has 0 amide bonds. The Morgan fingerprint density at radius 1 is 1.00 bits per heavy atom. The van der Waals surface area contributed by atoms with Gasteiger partial charge in [0.25, 0.3) is 5.56 Å². The van der Waals surface area contributed by atoms with Gasteiger partial charge in [0.2, 0.25) is 0 Å². The molecule has 1 aromatic heterocycles. The van der Waals surface area contributed by atoms with E-state index in [0.717, 1.165) is 10.0 Å². The molecule has 0 aliphatic heterocycles. The Morgan fingerprint density at radius 3 is 2.37 bits per heavy atom. The minimum absolute atomic E-state index is 0.0304. The molecule has 0 saturated heterocycles. The third-order valence-corrected chi connectivity index (χ3v) is 6.85. The van der Waals surface area contributed by atoms with E-state index >= 15 is 0 Å². The maximum Gasteiger partial charge on any atom is 0.282 e. The largest absolute Gasteiger partial charge is 0.486 e. The summed E-state index contributed by atoms with van der Waals surface area (Å²) in [5, 5.41) is 6.38. The zero-order valence-electron chi connectivity index (χ0n) is 18.5. The number of ether oxygens (including phenoxy) is 1. The van der Waals surface area contributed by atoms with Gasteiger partial charge in [-0.15, -0.1) is 0 Å². The molecule has 35 heavy (non-hydrogen) atoms. The van der Waals surface area contributed by atoms with Crippen LogP contribution in [-0.4, -0.2) is 15.9 Å². The Morgan fingerprint density at radius 2 is 1.71 bits per heavy atom. The van der Waals surface area contributed by atoms with Gasteiger partial charge in [0.15, 0.2) is 5.75 Å². The van der Waals surface area contributed by atoms with Crippen LogP contribution < -0.4 is 10.3 Å². The van der Waals surface area contributed by atoms with Crippen molar-refractivity contribution in [1.29, 1.82) is 0 Å². The van der Waals surface area contributed by atoms with Crippen molar-refractivity contribution in [3.8, 4) is 5.75 Å². The molecular formula is C25H18BrCl4N3O2. The first kappa shape index (κ1) is 26.0. The van der Waals surface area contributed by atoms with Crippen LogP contribution in [0.25, 0.3) is 10.9 Å². The van der Waals surface area contributed by atoms with Crippen molar-refractivity contribution >= 4 is 79.5 Å². The summed E-state index contributed by atoms with van der Waals surface area (Å²) < 4.78 is 7.90. The van der Waals surface area contributed by atoms with Gasteiger partial charge in [0.1, 0.15) is 12.4 Å². The molecule has 0 atom stereocenters. The maximum atomic E-state index is 13.2. The van der Waals surface area contributed by atoms with E-state index in [0.29, 0.717) is 48.1 Å². The van der Waals surface area contributed by atoms with Crippen molar-refractivity contribution in [3.05, 3.63) is 100 Å². The number of hydrogen-bond acceptors (Lipinski definition) is 4. The minimum atomic E-state index is -0.268. The quantitative estimate of drug-likeness (QED) is 0.205. The molecule has 4 rings (SSSR count). The number of aromatic nitrogens is 2. The fraction of sp³-hybridized carbons (Fsp3) is 0.160. The summed E-state index contributed by atoms with van der Waals surface area (Å²) in [7, 11) is 0. The van der Waals surface area contributed by atoms with E-state index in [4.69, 9.17) is 51.1 Å². The fourth-order valence-electron chi connectivity index (χ4n) is 3.35. The number of hydrogen-bond donors (Lipinski definition) is 0. The second-order valence-corrected chi connectivity index (χ2v) is 10.5. The van der Waals surface area contributed by atoms with Crippen LogP contribution in [-0.2, 0) is 6.61 Å². The van der Waals surface area contributed by atoms with Crippen LogP contribution >= 0.6 is 62.3 Å². The number of nitrogens with zero attached hydrogens (tertiary/aromatic N) is 3. The zero-order valence-corrected chi connectivity index (χ0v) is 23.1. The summed E-state index contributed by atoms with van der Waals surface area (Å²) in [5.41, 5.74) is 1.75. The van der Waals surface area contributed by atoms with Gasteiger partial charge in [-0.1, -0.05) is 82.2 Å². The summed E-state index contributed by atoms with van der Waals surface area (Å²) in [6.07, 6.45) is 1.51. The first-order chi connectivity index (χ1) is 16.6. The van der Waals surface area contributed by atoms with Crippen molar-refractivity contribution < 1.29 is 4.74 Å². The number of halogens is 5. The predicted octanol–water partition coefficient (Wildman–Crippen LogP) is 8.36. The smallest absolute Gasteiger partial charge is 0.282 e. The average Bonchev–Trinajstić information content (AvgIpc) is 2.80. The van der Waals surface area contributed by atoms with Crippen molar-refractivity contribution in [1.82, 2.24) is 9.66 Å². The lowest BCUT2D eigenvalue weighted by Gasteiger charge is -2.13. The maximum absolute atomic E-state index is 13.2. The van der Waals surface area contributed by atoms with Crippen molar-refractivity contribution in [2.24, 2.45) is 5.10 Å². The summed E-state index contributed by atoms with van der Waals surface area (Å²) in [6, 6.07) is 13.9. The van der Waals surface area contributed by atoms with Gasteiger partial charge < -0.3 is 4.74 Å². The van der Waals surface area contributed by atoms with Gasteiger partial charge >= 0.3 is 0 Å². The molecule has 4 aromatic rings. The van der Waals surface area contributed by atoms with Gasteiger partial charge in [-0.25, -0.2) is 4.98 Å². The van der Waals surface area contributed by atoms with Gasteiger partial charge in [-0.3, -0.25) is 4.79 Å². The topological polar surface area (TPSA) is 56.5 Å². The van der Waals surface area contributed by atoms with Crippen molar-refractivity contribution in [2.75, 3.05) is 0 Å². The first-order valence-corrected chi connectivity index (χ1v) is 12.8. The Labute approximate surface area is 230 Å². The van der Waals surface area contributed by atoms with Gasteiger partial charge in [-0.05, 0) is 53.6 Å². The van der Waals surface area contributed by atoms with Crippen molar-refractivity contribution in [2.45, 2.75) is 26.4 Å². The lowest BCUT2D eigenvalue weighted by molar-refractivity contribution is 0.306. The number of benzene rings is 3. The van der Waals surface area contributed by atoms with E-state index in [-0.39, 0.29) is 18.1 Å². The van der Waals surface area contributed by atoms with E-state index in [1.165, 1.54) is 10.9 Å². The highest BCUT2D eigenvalue weighted by molar-refractivity contribution is 9.10. The van der Waals surface area contributed by atoms with E-state index < -0.39 is 0 Å². The monoisotopic (exact) mass is 611 g/mol. The molecule has 0 unspecified atom stereocenters.